The fraction of sp³-hybridized carbons (Fsp3) is 0.100. The molecule has 0 radical (unpaired) electrons. The van der Waals surface area contributed by atoms with Gasteiger partial charge in [-0.3, -0.25) is 9.64 Å². The maximum atomic E-state index is 14.9. The number of pyridine rings is 1. The van der Waals surface area contributed by atoms with Gasteiger partial charge in [0.15, 0.2) is 17.6 Å². The van der Waals surface area contributed by atoms with Gasteiger partial charge in [0.1, 0.15) is 11.5 Å². The number of hydrogen-bond acceptors (Lipinski definition) is 4. The highest BCUT2D eigenvalue weighted by atomic mass is 19.1. The summed E-state index contributed by atoms with van der Waals surface area (Å²) in [7, 11) is 1.27. The minimum absolute atomic E-state index is 0.0528. The third-order valence-corrected chi connectivity index (χ3v) is 4.00. The van der Waals surface area contributed by atoms with Crippen LogP contribution >= 0.6 is 0 Å². The molecule has 0 amide bonds. The Labute approximate surface area is 153 Å². The van der Waals surface area contributed by atoms with Gasteiger partial charge in [0, 0.05) is 16.5 Å². The molecule has 3 rings (SSSR count). The van der Waals surface area contributed by atoms with Crippen molar-refractivity contribution >= 4 is 16.7 Å². The first-order valence-electron chi connectivity index (χ1n) is 7.74. The standard InChI is InChI=1S/C20H11F2N3O2/c1-24-16(10-23)19(26)11-7-8-13-15(9-11)25-18(17(22)20(13)27-2)12-5-3-4-6-14(12)21/h3-9,16H,2H3. The quantitative estimate of drug-likeness (QED) is 0.515. The Bertz CT molecular complexity index is 1130. The Hall–Kier alpha value is -3.84. The van der Waals surface area contributed by atoms with Gasteiger partial charge in [0.25, 0.3) is 5.78 Å². The second-order valence-corrected chi connectivity index (χ2v) is 5.54. The van der Waals surface area contributed by atoms with Crippen LogP contribution in [0.15, 0.2) is 42.5 Å². The van der Waals surface area contributed by atoms with Crippen molar-refractivity contribution in [2.75, 3.05) is 7.11 Å². The number of ketones is 1. The molecule has 0 aliphatic rings. The number of benzene rings is 2. The summed E-state index contributed by atoms with van der Waals surface area (Å²) in [6.07, 6.45) is 0. The van der Waals surface area contributed by atoms with E-state index in [9.17, 15) is 13.6 Å². The summed E-state index contributed by atoms with van der Waals surface area (Å²) in [6, 6.07) is 9.84. The van der Waals surface area contributed by atoms with E-state index in [4.69, 9.17) is 16.6 Å². The average Bonchev–Trinajstić information content (AvgIpc) is 2.68. The maximum absolute atomic E-state index is 14.9. The molecule has 1 heterocycles. The highest BCUT2D eigenvalue weighted by Crippen LogP contribution is 2.35. The van der Waals surface area contributed by atoms with Crippen molar-refractivity contribution in [3.05, 3.63) is 71.1 Å². The number of hydrogen-bond donors (Lipinski definition) is 0. The second-order valence-electron chi connectivity index (χ2n) is 5.54. The molecule has 5 nitrogen and oxygen atoms in total. The molecule has 132 valence electrons. The van der Waals surface area contributed by atoms with Gasteiger partial charge in [0.2, 0.25) is 0 Å². The zero-order valence-corrected chi connectivity index (χ0v) is 14.0. The maximum Gasteiger partial charge on any atom is 0.368 e. The van der Waals surface area contributed by atoms with E-state index in [1.807, 2.05) is 0 Å². The first-order valence-corrected chi connectivity index (χ1v) is 7.74. The summed E-state index contributed by atoms with van der Waals surface area (Å²) in [5, 5.41) is 9.18. The molecule has 1 unspecified atom stereocenters. The van der Waals surface area contributed by atoms with Crippen molar-refractivity contribution in [2.45, 2.75) is 6.04 Å². The molecule has 0 aliphatic heterocycles. The van der Waals surface area contributed by atoms with Crippen LogP contribution in [0.5, 0.6) is 5.75 Å². The lowest BCUT2D eigenvalue weighted by Gasteiger charge is -2.12. The Morgan fingerprint density at radius 1 is 1.30 bits per heavy atom. The number of fused-ring (bicyclic) bond motifs is 1. The van der Waals surface area contributed by atoms with Crippen LogP contribution in [0.1, 0.15) is 10.4 Å². The number of halogens is 2. The molecule has 7 heteroatoms. The van der Waals surface area contributed by atoms with Crippen LogP contribution in [0.4, 0.5) is 8.78 Å². The molecule has 2 aromatic carbocycles. The highest BCUT2D eigenvalue weighted by molar-refractivity contribution is 6.05. The summed E-state index contributed by atoms with van der Waals surface area (Å²) < 4.78 is 34.1. The Balaban J connectivity index is 2.27. The smallest absolute Gasteiger partial charge is 0.368 e. The molecule has 0 saturated heterocycles. The van der Waals surface area contributed by atoms with E-state index < -0.39 is 23.5 Å². The number of nitrogens with zero attached hydrogens (tertiary/aromatic N) is 3. The SMILES string of the molecule is [C-]#[N+]C(C#N)C(=O)c1ccc2c(OC)c(F)c(-c3ccccc3F)nc2c1. The zero-order valence-electron chi connectivity index (χ0n) is 14.0. The minimum Gasteiger partial charge on any atom is -0.493 e. The van der Waals surface area contributed by atoms with Crippen molar-refractivity contribution in [2.24, 2.45) is 0 Å². The number of methoxy groups -OCH3 is 1. The van der Waals surface area contributed by atoms with Crippen LogP contribution in [0.2, 0.25) is 0 Å². The number of carbonyl (C=O) groups is 1. The van der Waals surface area contributed by atoms with Crippen LogP contribution in [-0.2, 0) is 0 Å². The molecule has 27 heavy (non-hydrogen) atoms. The lowest BCUT2D eigenvalue weighted by Crippen LogP contribution is -2.14. The van der Waals surface area contributed by atoms with Gasteiger partial charge in [-0.2, -0.15) is 5.26 Å². The van der Waals surface area contributed by atoms with E-state index in [2.05, 4.69) is 9.83 Å². The number of Topliss-reactive ketones (excluding diaryl/α,β-unsaturated/α-hetero) is 1. The van der Waals surface area contributed by atoms with Crippen LogP contribution in [0.25, 0.3) is 27.0 Å². The van der Waals surface area contributed by atoms with E-state index >= 15 is 0 Å². The molecule has 0 bridgehead atoms. The average molecular weight is 363 g/mol. The van der Waals surface area contributed by atoms with Crippen molar-refractivity contribution in [3.63, 3.8) is 0 Å². The van der Waals surface area contributed by atoms with E-state index in [0.717, 1.165) is 0 Å². The normalized spacial score (nSPS) is 11.4. The van der Waals surface area contributed by atoms with E-state index in [1.165, 1.54) is 43.5 Å². The molecule has 0 fully saturated rings. The third-order valence-electron chi connectivity index (χ3n) is 4.00. The Morgan fingerprint density at radius 2 is 2.04 bits per heavy atom. The van der Waals surface area contributed by atoms with E-state index in [-0.39, 0.29) is 33.5 Å². The van der Waals surface area contributed by atoms with Crippen LogP contribution in [0, 0.1) is 29.5 Å². The summed E-state index contributed by atoms with van der Waals surface area (Å²) in [6.45, 7) is 6.92. The minimum atomic E-state index is -1.48. The third kappa shape index (κ3) is 3.07. The Kier molecular flexibility index (Phi) is 4.78. The van der Waals surface area contributed by atoms with Crippen molar-refractivity contribution in [1.82, 2.24) is 4.98 Å². The molecule has 0 N–H and O–H groups in total. The summed E-state index contributed by atoms with van der Waals surface area (Å²) in [4.78, 5) is 19.4. The predicted molar refractivity (Wildman–Crippen MR) is 94.0 cm³/mol. The van der Waals surface area contributed by atoms with E-state index in [1.54, 1.807) is 12.1 Å². The van der Waals surface area contributed by atoms with Gasteiger partial charge in [0.05, 0.1) is 12.6 Å². The van der Waals surface area contributed by atoms with Gasteiger partial charge >= 0.3 is 6.04 Å². The highest BCUT2D eigenvalue weighted by Gasteiger charge is 2.26. The zero-order chi connectivity index (χ0) is 19.6. The number of carbonyl (C=O) groups excluding carboxylic acids is 1. The van der Waals surface area contributed by atoms with Gasteiger partial charge in [-0.1, -0.05) is 18.2 Å². The molecule has 0 aliphatic carbocycles. The predicted octanol–water partition coefficient (Wildman–Crippen LogP) is 4.18. The molecular formula is C20H11F2N3O2. The molecule has 3 aromatic rings. The first-order chi connectivity index (χ1) is 13.0. The van der Waals surface area contributed by atoms with Crippen LogP contribution < -0.4 is 4.74 Å². The largest absolute Gasteiger partial charge is 0.493 e. The van der Waals surface area contributed by atoms with Crippen LogP contribution in [0.3, 0.4) is 0 Å². The van der Waals surface area contributed by atoms with Gasteiger partial charge in [-0.15, -0.1) is 0 Å². The number of nitriles is 1. The lowest BCUT2D eigenvalue weighted by atomic mass is 10.0. The topological polar surface area (TPSA) is 67.3 Å². The molecule has 0 saturated carbocycles. The first kappa shape index (κ1) is 18.0. The lowest BCUT2D eigenvalue weighted by molar-refractivity contribution is 0.0991. The van der Waals surface area contributed by atoms with Crippen molar-refractivity contribution in [3.8, 4) is 23.1 Å². The fourth-order valence-corrected chi connectivity index (χ4v) is 2.70. The Morgan fingerprint density at radius 3 is 2.67 bits per heavy atom. The van der Waals surface area contributed by atoms with Crippen LogP contribution in [-0.4, -0.2) is 23.9 Å². The summed E-state index contributed by atoms with van der Waals surface area (Å²) in [5.74, 6) is -2.31. The number of ether oxygens (including phenoxy) is 1. The fourth-order valence-electron chi connectivity index (χ4n) is 2.70. The van der Waals surface area contributed by atoms with E-state index in [0.29, 0.717) is 0 Å². The van der Waals surface area contributed by atoms with Gasteiger partial charge in [-0.25, -0.2) is 20.3 Å². The summed E-state index contributed by atoms with van der Waals surface area (Å²) in [5.41, 5.74) is -0.0585. The molecule has 1 aromatic heterocycles. The summed E-state index contributed by atoms with van der Waals surface area (Å²) >= 11 is 0. The second kappa shape index (κ2) is 7.19. The molecule has 0 spiro atoms. The van der Waals surface area contributed by atoms with Crippen molar-refractivity contribution in [1.29, 1.82) is 5.26 Å². The van der Waals surface area contributed by atoms with Gasteiger partial charge < -0.3 is 4.74 Å². The van der Waals surface area contributed by atoms with Gasteiger partial charge in [-0.05, 0) is 24.3 Å². The molecule has 1 atom stereocenters. The number of aromatic nitrogens is 1. The van der Waals surface area contributed by atoms with Crippen molar-refractivity contribution < 1.29 is 18.3 Å². The molecular weight excluding hydrogens is 352 g/mol. The monoisotopic (exact) mass is 363 g/mol. The number of rotatable bonds is 4.